The van der Waals surface area contributed by atoms with Gasteiger partial charge in [0.2, 0.25) is 5.91 Å². The largest absolute Gasteiger partial charge is 0.483 e. The molecule has 3 atom stereocenters. The van der Waals surface area contributed by atoms with Crippen LogP contribution in [0.5, 0.6) is 0 Å². The maximum absolute atomic E-state index is 13.4. The van der Waals surface area contributed by atoms with Gasteiger partial charge in [-0.3, -0.25) is 19.5 Å². The number of aromatic amines is 1. The molecule has 3 heterocycles. The van der Waals surface area contributed by atoms with E-state index in [9.17, 15) is 9.59 Å². The zero-order chi connectivity index (χ0) is 22.1. The SMILES string of the molecule is CC(=O)N1C[C@H]2CN(C(=O)c3c(C4CC4)n[nH]c3C)C[C@H]2[C@@H]1c1ccccc1.O=CO. The number of carbonyl (C=O) groups is 3. The zero-order valence-corrected chi connectivity index (χ0v) is 17.8. The fourth-order valence-electron chi connectivity index (χ4n) is 5.14. The number of carboxylic acid groups (broad SMARTS) is 1. The van der Waals surface area contributed by atoms with Crippen molar-refractivity contribution < 1.29 is 19.5 Å². The summed E-state index contributed by atoms with van der Waals surface area (Å²) in [5, 5.41) is 14.3. The molecular formula is C23H28N4O4. The Bertz CT molecular complexity index is 969. The molecule has 0 bridgehead atoms. The molecule has 31 heavy (non-hydrogen) atoms. The number of likely N-dealkylation sites (tertiary alicyclic amines) is 2. The molecule has 0 spiro atoms. The van der Waals surface area contributed by atoms with Gasteiger partial charge in [0.1, 0.15) is 0 Å². The average Bonchev–Trinajstić information content (AvgIpc) is 3.24. The number of nitrogens with zero attached hydrogens (tertiary/aromatic N) is 3. The first-order valence-electron chi connectivity index (χ1n) is 10.7. The summed E-state index contributed by atoms with van der Waals surface area (Å²) >= 11 is 0. The van der Waals surface area contributed by atoms with E-state index in [4.69, 9.17) is 9.90 Å². The molecule has 1 aromatic heterocycles. The summed E-state index contributed by atoms with van der Waals surface area (Å²) in [5.41, 5.74) is 3.76. The summed E-state index contributed by atoms with van der Waals surface area (Å²) in [6, 6.07) is 10.3. The third-order valence-electron chi connectivity index (χ3n) is 6.65. The summed E-state index contributed by atoms with van der Waals surface area (Å²) in [7, 11) is 0. The monoisotopic (exact) mass is 424 g/mol. The van der Waals surface area contributed by atoms with Crippen LogP contribution in [0.15, 0.2) is 30.3 Å². The lowest BCUT2D eigenvalue weighted by atomic mass is 9.89. The summed E-state index contributed by atoms with van der Waals surface area (Å²) in [5.74, 6) is 1.27. The van der Waals surface area contributed by atoms with Crippen LogP contribution in [-0.4, -0.2) is 63.0 Å². The first-order chi connectivity index (χ1) is 15.0. The van der Waals surface area contributed by atoms with Crippen molar-refractivity contribution in [1.82, 2.24) is 20.0 Å². The van der Waals surface area contributed by atoms with Gasteiger partial charge in [0.15, 0.2) is 0 Å². The molecule has 0 unspecified atom stereocenters. The first kappa shape index (κ1) is 21.1. The van der Waals surface area contributed by atoms with E-state index < -0.39 is 0 Å². The van der Waals surface area contributed by atoms with E-state index in [1.807, 2.05) is 34.9 Å². The van der Waals surface area contributed by atoms with Gasteiger partial charge in [-0.25, -0.2) is 0 Å². The van der Waals surface area contributed by atoms with Crippen LogP contribution < -0.4 is 0 Å². The molecule has 2 amide bonds. The summed E-state index contributed by atoms with van der Waals surface area (Å²) < 4.78 is 0. The molecule has 1 saturated carbocycles. The number of carbonyl (C=O) groups excluding carboxylic acids is 2. The van der Waals surface area contributed by atoms with Gasteiger partial charge < -0.3 is 14.9 Å². The van der Waals surface area contributed by atoms with Crippen LogP contribution in [0.1, 0.15) is 59.0 Å². The molecule has 8 nitrogen and oxygen atoms in total. The Balaban J connectivity index is 0.000000730. The van der Waals surface area contributed by atoms with Crippen LogP contribution in [0.2, 0.25) is 0 Å². The van der Waals surface area contributed by atoms with E-state index >= 15 is 0 Å². The number of nitrogens with one attached hydrogen (secondary N) is 1. The fourth-order valence-corrected chi connectivity index (χ4v) is 5.14. The molecule has 8 heteroatoms. The van der Waals surface area contributed by atoms with E-state index in [0.29, 0.717) is 24.9 Å². The van der Waals surface area contributed by atoms with Crippen molar-refractivity contribution in [3.05, 3.63) is 52.8 Å². The number of hydrogen-bond acceptors (Lipinski definition) is 4. The fraction of sp³-hybridized carbons (Fsp3) is 0.478. The molecule has 1 aliphatic carbocycles. The second-order valence-electron chi connectivity index (χ2n) is 8.65. The zero-order valence-electron chi connectivity index (χ0n) is 17.8. The summed E-state index contributed by atoms with van der Waals surface area (Å²) in [6.45, 7) is 5.47. The number of fused-ring (bicyclic) bond motifs is 1. The predicted molar refractivity (Wildman–Crippen MR) is 113 cm³/mol. The van der Waals surface area contributed by atoms with E-state index in [1.165, 1.54) is 0 Å². The molecule has 3 fully saturated rings. The number of hydrogen-bond donors (Lipinski definition) is 2. The normalized spacial score (nSPS) is 24.4. The van der Waals surface area contributed by atoms with Crippen molar-refractivity contribution in [2.45, 2.75) is 38.6 Å². The van der Waals surface area contributed by atoms with Gasteiger partial charge in [-0.15, -0.1) is 0 Å². The number of aromatic nitrogens is 2. The maximum Gasteiger partial charge on any atom is 0.290 e. The molecule has 2 aromatic rings. The van der Waals surface area contributed by atoms with Gasteiger partial charge in [0.25, 0.3) is 12.4 Å². The predicted octanol–water partition coefficient (Wildman–Crippen LogP) is 2.59. The highest BCUT2D eigenvalue weighted by Crippen LogP contribution is 2.46. The Hall–Kier alpha value is -3.16. The van der Waals surface area contributed by atoms with Crippen LogP contribution in [-0.2, 0) is 9.59 Å². The van der Waals surface area contributed by atoms with Gasteiger partial charge in [0.05, 0.1) is 17.3 Å². The van der Waals surface area contributed by atoms with Gasteiger partial charge in [-0.05, 0) is 25.3 Å². The average molecular weight is 425 g/mol. The second-order valence-corrected chi connectivity index (χ2v) is 8.65. The van der Waals surface area contributed by atoms with Crippen LogP contribution in [0, 0.1) is 18.8 Å². The Kier molecular flexibility index (Phi) is 5.80. The number of amides is 2. The first-order valence-corrected chi connectivity index (χ1v) is 10.7. The van der Waals surface area contributed by atoms with Crippen molar-refractivity contribution in [2.24, 2.45) is 11.8 Å². The molecule has 5 rings (SSSR count). The van der Waals surface area contributed by atoms with E-state index in [-0.39, 0.29) is 30.2 Å². The van der Waals surface area contributed by atoms with Crippen LogP contribution in [0.3, 0.4) is 0 Å². The van der Waals surface area contributed by atoms with Crippen molar-refractivity contribution >= 4 is 18.3 Å². The maximum atomic E-state index is 13.4. The standard InChI is InChI=1S/C22H26N4O2.CH2O2/c1-13-19(20(24-23-13)15-8-9-15)22(28)25-10-17-11-26(14(2)27)21(18(17)12-25)16-6-4-3-5-7-16;2-1-3/h3-7,15,17-18,21H,8-12H2,1-2H3,(H,23,24);1H,(H,2,3)/t17-,18-,21+;/m1./s1. The topological polar surface area (TPSA) is 107 Å². The van der Waals surface area contributed by atoms with Crippen LogP contribution >= 0.6 is 0 Å². The van der Waals surface area contributed by atoms with Gasteiger partial charge in [-0.1, -0.05) is 30.3 Å². The molecule has 0 radical (unpaired) electrons. The minimum absolute atomic E-state index is 0.0508. The minimum atomic E-state index is -0.250. The Morgan fingerprint density at radius 1 is 1.16 bits per heavy atom. The Morgan fingerprint density at radius 2 is 1.84 bits per heavy atom. The van der Waals surface area contributed by atoms with Gasteiger partial charge in [0, 0.05) is 50.0 Å². The quantitative estimate of drug-likeness (QED) is 0.737. The van der Waals surface area contributed by atoms with Crippen molar-refractivity contribution in [2.75, 3.05) is 19.6 Å². The highest BCUT2D eigenvalue weighted by Gasteiger charge is 2.50. The van der Waals surface area contributed by atoms with Gasteiger partial charge >= 0.3 is 0 Å². The number of benzene rings is 1. The molecule has 1 aromatic carbocycles. The Morgan fingerprint density at radius 3 is 2.45 bits per heavy atom. The van der Waals surface area contributed by atoms with Crippen LogP contribution in [0.25, 0.3) is 0 Å². The van der Waals surface area contributed by atoms with Gasteiger partial charge in [-0.2, -0.15) is 5.10 Å². The smallest absolute Gasteiger partial charge is 0.290 e. The lowest BCUT2D eigenvalue weighted by Crippen LogP contribution is -2.36. The highest BCUT2D eigenvalue weighted by atomic mass is 16.3. The number of rotatable bonds is 3. The molecule has 2 N–H and O–H groups in total. The van der Waals surface area contributed by atoms with E-state index in [2.05, 4.69) is 22.3 Å². The minimum Gasteiger partial charge on any atom is -0.483 e. The number of H-pyrrole nitrogens is 1. The molecule has 2 aliphatic heterocycles. The highest BCUT2D eigenvalue weighted by molar-refractivity contribution is 5.97. The van der Waals surface area contributed by atoms with E-state index in [0.717, 1.165) is 41.9 Å². The second kappa shape index (κ2) is 8.53. The lowest BCUT2D eigenvalue weighted by molar-refractivity contribution is -0.130. The van der Waals surface area contributed by atoms with Crippen molar-refractivity contribution in [3.63, 3.8) is 0 Å². The van der Waals surface area contributed by atoms with Crippen molar-refractivity contribution in [3.8, 4) is 0 Å². The van der Waals surface area contributed by atoms with E-state index in [1.54, 1.807) is 6.92 Å². The molecule has 2 saturated heterocycles. The number of aryl methyl sites for hydroxylation is 1. The molecule has 164 valence electrons. The summed E-state index contributed by atoms with van der Waals surface area (Å²) in [6.07, 6.45) is 2.25. The summed E-state index contributed by atoms with van der Waals surface area (Å²) in [4.78, 5) is 38.0. The Labute approximate surface area is 181 Å². The van der Waals surface area contributed by atoms with Crippen LogP contribution in [0.4, 0.5) is 0 Å². The van der Waals surface area contributed by atoms with Crippen molar-refractivity contribution in [1.29, 1.82) is 0 Å². The third kappa shape index (κ3) is 3.94. The molecule has 3 aliphatic rings. The third-order valence-corrected chi connectivity index (χ3v) is 6.65. The lowest BCUT2D eigenvalue weighted by Gasteiger charge is -2.29. The molecular weight excluding hydrogens is 396 g/mol.